The van der Waals surface area contributed by atoms with E-state index in [1.54, 1.807) is 6.20 Å². The van der Waals surface area contributed by atoms with Gasteiger partial charge in [0.25, 0.3) is 0 Å². The number of nitrogens with two attached hydrogens (primary N) is 1. The Bertz CT molecular complexity index is 1050. The Morgan fingerprint density at radius 1 is 1.30 bits per heavy atom. The van der Waals surface area contributed by atoms with E-state index in [9.17, 15) is 0 Å². The number of aromatic nitrogens is 3. The molecule has 0 amide bonds. The molecule has 2 aromatic heterocycles. The highest BCUT2D eigenvalue weighted by Crippen LogP contribution is 2.62. The number of piperidine rings is 1. The summed E-state index contributed by atoms with van der Waals surface area (Å²) >= 11 is 0. The molecule has 0 radical (unpaired) electrons. The minimum absolute atomic E-state index is 0.260. The maximum absolute atomic E-state index is 8.99. The molecule has 6 nitrogen and oxygen atoms in total. The zero-order valence-electron chi connectivity index (χ0n) is 15.3. The van der Waals surface area contributed by atoms with E-state index in [0.717, 1.165) is 42.3 Å². The summed E-state index contributed by atoms with van der Waals surface area (Å²) in [5.41, 5.74) is 9.97. The van der Waals surface area contributed by atoms with Gasteiger partial charge in [-0.2, -0.15) is 5.26 Å². The van der Waals surface area contributed by atoms with E-state index in [1.165, 1.54) is 0 Å². The van der Waals surface area contributed by atoms with Crippen LogP contribution >= 0.6 is 0 Å². The largest absolute Gasteiger partial charge is 0.341 e. The van der Waals surface area contributed by atoms with Crippen LogP contribution in [0.1, 0.15) is 18.2 Å². The normalized spacial score (nSPS) is 26.2. The first kappa shape index (κ1) is 16.3. The second-order valence-electron chi connectivity index (χ2n) is 7.85. The molecule has 3 atom stereocenters. The first-order valence-electron chi connectivity index (χ1n) is 9.41. The van der Waals surface area contributed by atoms with Crippen LogP contribution in [0, 0.1) is 28.6 Å². The second-order valence-corrected chi connectivity index (χ2v) is 7.85. The Labute approximate surface area is 158 Å². The molecule has 27 heavy (non-hydrogen) atoms. The molecule has 3 aromatic rings. The van der Waals surface area contributed by atoms with Crippen molar-refractivity contribution in [3.63, 3.8) is 0 Å². The van der Waals surface area contributed by atoms with Crippen LogP contribution in [0.2, 0.25) is 0 Å². The molecule has 1 aliphatic carbocycles. The molecule has 3 heterocycles. The Kier molecular flexibility index (Phi) is 3.49. The lowest BCUT2D eigenvalue weighted by molar-refractivity contribution is 0.495. The lowest BCUT2D eigenvalue weighted by Crippen LogP contribution is -2.32. The highest BCUT2D eigenvalue weighted by Gasteiger charge is 2.66. The molecule has 1 aliphatic heterocycles. The van der Waals surface area contributed by atoms with Crippen LogP contribution in [-0.4, -0.2) is 34.2 Å². The van der Waals surface area contributed by atoms with Gasteiger partial charge in [0.15, 0.2) is 0 Å². The van der Waals surface area contributed by atoms with Gasteiger partial charge in [0.1, 0.15) is 6.07 Å². The van der Waals surface area contributed by atoms with E-state index in [2.05, 4.69) is 39.6 Å². The number of benzene rings is 1. The third-order valence-electron chi connectivity index (χ3n) is 6.61. The van der Waals surface area contributed by atoms with E-state index >= 15 is 0 Å². The molecule has 136 valence electrons. The summed E-state index contributed by atoms with van der Waals surface area (Å²) in [6.45, 7) is 5.68. The number of para-hydroxylation sites is 2. The van der Waals surface area contributed by atoms with Gasteiger partial charge < -0.3 is 15.2 Å². The molecule has 0 spiro atoms. The number of nitriles is 1. The number of hydrogen-bond acceptors (Lipinski definition) is 5. The van der Waals surface area contributed by atoms with Crippen LogP contribution in [0.5, 0.6) is 0 Å². The predicted octanol–water partition coefficient (Wildman–Crippen LogP) is 2.38. The standard InChI is InChI=1S/C21H22N6/c1-14-17-11-26(13-21(14,17)12-23)20-25-18-4-2-3-5-19(18)27(20)10-16-7-6-15(8-22)9-24-16/h2-7,9,14,17H,10-13,23H2,1H3/t14-,17+,21-/m1/s1. The van der Waals surface area contributed by atoms with Crippen LogP contribution in [0.3, 0.4) is 0 Å². The first-order chi connectivity index (χ1) is 13.2. The quantitative estimate of drug-likeness (QED) is 0.774. The van der Waals surface area contributed by atoms with Gasteiger partial charge in [-0.3, -0.25) is 4.98 Å². The molecule has 6 heteroatoms. The molecule has 1 saturated heterocycles. The summed E-state index contributed by atoms with van der Waals surface area (Å²) in [6.07, 6.45) is 1.63. The van der Waals surface area contributed by atoms with Gasteiger partial charge >= 0.3 is 0 Å². The molecule has 2 fully saturated rings. The SMILES string of the molecule is C[C@@H]1[C@@H]2CN(c3nc4ccccc4n3Cc3ccc(C#N)cn3)C[C@]12CN. The average Bonchev–Trinajstić information content (AvgIpc) is 3.05. The van der Waals surface area contributed by atoms with Crippen LogP contribution in [0.25, 0.3) is 11.0 Å². The summed E-state index contributed by atoms with van der Waals surface area (Å²) < 4.78 is 2.24. The van der Waals surface area contributed by atoms with Crippen molar-refractivity contribution in [1.29, 1.82) is 5.26 Å². The Balaban J connectivity index is 1.53. The van der Waals surface area contributed by atoms with Gasteiger partial charge in [-0.25, -0.2) is 4.98 Å². The Morgan fingerprint density at radius 3 is 2.85 bits per heavy atom. The smallest absolute Gasteiger partial charge is 0.206 e. The van der Waals surface area contributed by atoms with Crippen molar-refractivity contribution < 1.29 is 0 Å². The number of hydrogen-bond donors (Lipinski definition) is 1. The Hall–Kier alpha value is -2.91. The summed E-state index contributed by atoms with van der Waals surface area (Å²) in [4.78, 5) is 11.8. The fourth-order valence-corrected chi connectivity index (χ4v) is 4.82. The number of anilines is 1. The minimum atomic E-state index is 0.260. The maximum atomic E-state index is 8.99. The summed E-state index contributed by atoms with van der Waals surface area (Å²) in [5, 5.41) is 8.99. The van der Waals surface area contributed by atoms with Crippen molar-refractivity contribution >= 4 is 17.0 Å². The average molecular weight is 358 g/mol. The van der Waals surface area contributed by atoms with Gasteiger partial charge in [0, 0.05) is 31.2 Å². The van der Waals surface area contributed by atoms with Gasteiger partial charge in [0.05, 0.1) is 28.8 Å². The molecule has 1 saturated carbocycles. The molecular weight excluding hydrogens is 336 g/mol. The van der Waals surface area contributed by atoms with Gasteiger partial charge in [-0.05, 0) is 36.1 Å². The zero-order chi connectivity index (χ0) is 18.6. The predicted molar refractivity (Wildman–Crippen MR) is 104 cm³/mol. The van der Waals surface area contributed by atoms with Crippen molar-refractivity contribution in [1.82, 2.24) is 14.5 Å². The molecule has 5 rings (SSSR count). The van der Waals surface area contributed by atoms with E-state index in [0.29, 0.717) is 23.9 Å². The van der Waals surface area contributed by atoms with Crippen molar-refractivity contribution in [2.75, 3.05) is 24.5 Å². The monoisotopic (exact) mass is 358 g/mol. The summed E-state index contributed by atoms with van der Waals surface area (Å²) in [7, 11) is 0. The fraction of sp³-hybridized carbons (Fsp3) is 0.381. The fourth-order valence-electron chi connectivity index (χ4n) is 4.82. The van der Waals surface area contributed by atoms with Crippen molar-refractivity contribution in [2.45, 2.75) is 13.5 Å². The Morgan fingerprint density at radius 2 is 2.15 bits per heavy atom. The van der Waals surface area contributed by atoms with Crippen LogP contribution in [-0.2, 0) is 6.54 Å². The molecule has 2 N–H and O–H groups in total. The topological polar surface area (TPSA) is 83.8 Å². The highest BCUT2D eigenvalue weighted by molar-refractivity contribution is 5.79. The van der Waals surface area contributed by atoms with E-state index < -0.39 is 0 Å². The highest BCUT2D eigenvalue weighted by atomic mass is 15.3. The van der Waals surface area contributed by atoms with Crippen LogP contribution in [0.4, 0.5) is 5.95 Å². The van der Waals surface area contributed by atoms with Gasteiger partial charge in [-0.15, -0.1) is 0 Å². The number of pyridine rings is 1. The molecular formula is C21H22N6. The van der Waals surface area contributed by atoms with Crippen LogP contribution < -0.4 is 10.6 Å². The number of fused-ring (bicyclic) bond motifs is 2. The second kappa shape index (κ2) is 5.80. The van der Waals surface area contributed by atoms with Gasteiger partial charge in [-0.1, -0.05) is 19.1 Å². The van der Waals surface area contributed by atoms with Gasteiger partial charge in [0.2, 0.25) is 5.95 Å². The van der Waals surface area contributed by atoms with E-state index in [-0.39, 0.29) is 5.41 Å². The zero-order valence-corrected chi connectivity index (χ0v) is 15.3. The van der Waals surface area contributed by atoms with Crippen molar-refractivity contribution in [2.24, 2.45) is 23.0 Å². The minimum Gasteiger partial charge on any atom is -0.341 e. The summed E-state index contributed by atoms with van der Waals surface area (Å²) in [6, 6.07) is 14.1. The molecule has 0 bridgehead atoms. The van der Waals surface area contributed by atoms with Crippen LogP contribution in [0.15, 0.2) is 42.6 Å². The number of nitrogens with zero attached hydrogens (tertiary/aromatic N) is 5. The van der Waals surface area contributed by atoms with Crippen molar-refractivity contribution in [3.05, 3.63) is 53.9 Å². The molecule has 0 unspecified atom stereocenters. The van der Waals surface area contributed by atoms with Crippen molar-refractivity contribution in [3.8, 4) is 6.07 Å². The molecule has 1 aromatic carbocycles. The van der Waals surface area contributed by atoms with E-state index in [4.69, 9.17) is 16.0 Å². The lowest BCUT2D eigenvalue weighted by Gasteiger charge is -2.24. The summed E-state index contributed by atoms with van der Waals surface area (Å²) in [5.74, 6) is 2.37. The third kappa shape index (κ3) is 2.35. The van der Waals surface area contributed by atoms with E-state index in [1.807, 2.05) is 24.3 Å². The number of rotatable bonds is 4. The lowest BCUT2D eigenvalue weighted by atomic mass is 10.1. The maximum Gasteiger partial charge on any atom is 0.206 e. The first-order valence-corrected chi connectivity index (χ1v) is 9.41. The third-order valence-corrected chi connectivity index (χ3v) is 6.61. The molecule has 2 aliphatic rings. The number of imidazole rings is 1.